The Morgan fingerprint density at radius 1 is 1.03 bits per heavy atom. The second-order valence-corrected chi connectivity index (χ2v) is 7.04. The molecule has 0 radical (unpaired) electrons. The molecule has 5 rings (SSSR count). The number of fused-ring (bicyclic) bond motifs is 1. The van der Waals surface area contributed by atoms with E-state index in [9.17, 15) is 4.79 Å². The first-order valence-electron chi connectivity index (χ1n) is 9.98. The molecular formula is C24H19N5O2. The zero-order valence-electron chi connectivity index (χ0n) is 16.8. The molecule has 5 aromatic rings. The number of pyridine rings is 1. The van der Waals surface area contributed by atoms with Gasteiger partial charge in [0.1, 0.15) is 5.69 Å². The Morgan fingerprint density at radius 3 is 2.42 bits per heavy atom. The summed E-state index contributed by atoms with van der Waals surface area (Å²) in [5, 5.41) is 12.0. The van der Waals surface area contributed by atoms with Gasteiger partial charge >= 0.3 is 0 Å². The Morgan fingerprint density at radius 2 is 1.74 bits per heavy atom. The normalized spacial score (nSPS) is 11.0. The molecule has 1 N–H and O–H groups in total. The smallest absolute Gasteiger partial charge is 0.259 e. The van der Waals surface area contributed by atoms with E-state index in [2.05, 4.69) is 20.6 Å². The van der Waals surface area contributed by atoms with Gasteiger partial charge in [0, 0.05) is 23.9 Å². The van der Waals surface area contributed by atoms with E-state index < -0.39 is 0 Å². The maximum Gasteiger partial charge on any atom is 0.259 e. The first-order chi connectivity index (χ1) is 15.2. The third kappa shape index (κ3) is 3.57. The SMILES string of the molecule is CCn1cc(NC(=O)c2cc(-c3ccccc3)nc3onc(-c4ccccc4)c23)cn1. The van der Waals surface area contributed by atoms with Crippen molar-refractivity contribution in [1.82, 2.24) is 19.9 Å². The summed E-state index contributed by atoms with van der Waals surface area (Å²) in [6.07, 6.45) is 3.42. The summed E-state index contributed by atoms with van der Waals surface area (Å²) in [6, 6.07) is 21.1. The van der Waals surface area contributed by atoms with Crippen molar-refractivity contribution in [2.75, 3.05) is 5.32 Å². The molecule has 0 atom stereocenters. The van der Waals surface area contributed by atoms with Crippen LogP contribution in [-0.4, -0.2) is 25.8 Å². The average Bonchev–Trinajstić information content (AvgIpc) is 3.46. The molecule has 0 spiro atoms. The van der Waals surface area contributed by atoms with Gasteiger partial charge in [-0.2, -0.15) is 5.10 Å². The van der Waals surface area contributed by atoms with Crippen molar-refractivity contribution in [3.05, 3.63) is 84.7 Å². The fourth-order valence-corrected chi connectivity index (χ4v) is 3.48. The number of anilines is 1. The summed E-state index contributed by atoms with van der Waals surface area (Å²) in [7, 11) is 0. The van der Waals surface area contributed by atoms with Gasteiger partial charge in [-0.15, -0.1) is 0 Å². The van der Waals surface area contributed by atoms with Gasteiger partial charge < -0.3 is 9.84 Å². The standard InChI is InChI=1S/C24H19N5O2/c1-2-29-15-18(14-25-29)26-23(30)19-13-20(16-9-5-3-6-10-16)27-24-21(19)22(28-31-24)17-11-7-4-8-12-17/h3-15H,2H2,1H3,(H,26,30). The Balaban J connectivity index is 1.67. The highest BCUT2D eigenvalue weighted by Gasteiger charge is 2.22. The van der Waals surface area contributed by atoms with Crippen molar-refractivity contribution in [3.8, 4) is 22.5 Å². The number of rotatable bonds is 5. The monoisotopic (exact) mass is 409 g/mol. The Kier molecular flexibility index (Phi) is 4.76. The number of nitrogens with zero attached hydrogens (tertiary/aromatic N) is 4. The molecule has 0 aliphatic heterocycles. The summed E-state index contributed by atoms with van der Waals surface area (Å²) < 4.78 is 7.32. The van der Waals surface area contributed by atoms with E-state index >= 15 is 0 Å². The predicted molar refractivity (Wildman–Crippen MR) is 119 cm³/mol. The zero-order chi connectivity index (χ0) is 21.2. The molecule has 0 fully saturated rings. The molecule has 0 bridgehead atoms. The van der Waals surface area contributed by atoms with Gasteiger partial charge in [0.25, 0.3) is 11.6 Å². The van der Waals surface area contributed by atoms with Crippen LogP contribution in [0.25, 0.3) is 33.6 Å². The van der Waals surface area contributed by atoms with Crippen LogP contribution in [0.5, 0.6) is 0 Å². The van der Waals surface area contributed by atoms with Gasteiger partial charge in [0.05, 0.1) is 28.5 Å². The number of amides is 1. The van der Waals surface area contributed by atoms with E-state index in [4.69, 9.17) is 4.52 Å². The lowest BCUT2D eigenvalue weighted by Gasteiger charge is -2.08. The minimum Gasteiger partial charge on any atom is -0.335 e. The minimum atomic E-state index is -0.277. The number of hydrogen-bond donors (Lipinski definition) is 1. The molecule has 0 aliphatic carbocycles. The lowest BCUT2D eigenvalue weighted by Crippen LogP contribution is -2.12. The number of nitrogens with one attached hydrogen (secondary N) is 1. The Hall–Kier alpha value is -4.26. The van der Waals surface area contributed by atoms with Crippen molar-refractivity contribution in [2.24, 2.45) is 0 Å². The number of carbonyl (C=O) groups is 1. The highest BCUT2D eigenvalue weighted by Crippen LogP contribution is 2.33. The summed E-state index contributed by atoms with van der Waals surface area (Å²) in [4.78, 5) is 18.0. The maximum absolute atomic E-state index is 13.3. The average molecular weight is 409 g/mol. The van der Waals surface area contributed by atoms with Crippen LogP contribution in [0.4, 0.5) is 5.69 Å². The molecule has 31 heavy (non-hydrogen) atoms. The molecule has 3 aromatic heterocycles. The first kappa shape index (κ1) is 18.7. The van der Waals surface area contributed by atoms with Crippen LogP contribution in [0.2, 0.25) is 0 Å². The lowest BCUT2D eigenvalue weighted by molar-refractivity contribution is 0.102. The predicted octanol–water partition coefficient (Wildman–Crippen LogP) is 5.03. The molecule has 1 amide bonds. The van der Waals surface area contributed by atoms with E-state index in [-0.39, 0.29) is 5.91 Å². The van der Waals surface area contributed by atoms with Crippen LogP contribution in [0.15, 0.2) is 83.6 Å². The summed E-state index contributed by atoms with van der Waals surface area (Å²) in [5.41, 5.74) is 4.33. The van der Waals surface area contributed by atoms with Crippen LogP contribution in [-0.2, 0) is 6.54 Å². The first-order valence-corrected chi connectivity index (χ1v) is 9.98. The number of carbonyl (C=O) groups excluding carboxylic acids is 1. The van der Waals surface area contributed by atoms with Gasteiger partial charge in [-0.1, -0.05) is 65.8 Å². The second kappa shape index (κ2) is 7.87. The van der Waals surface area contributed by atoms with E-state index in [1.54, 1.807) is 23.1 Å². The number of aromatic nitrogens is 4. The molecule has 0 saturated heterocycles. The highest BCUT2D eigenvalue weighted by molar-refractivity contribution is 6.15. The van der Waals surface area contributed by atoms with Gasteiger partial charge in [-0.3, -0.25) is 9.48 Å². The minimum absolute atomic E-state index is 0.277. The molecule has 0 aliphatic rings. The van der Waals surface area contributed by atoms with E-state index in [0.29, 0.717) is 33.7 Å². The fraction of sp³-hybridized carbons (Fsp3) is 0.0833. The van der Waals surface area contributed by atoms with Crippen LogP contribution in [0, 0.1) is 0 Å². The molecule has 7 nitrogen and oxygen atoms in total. The van der Waals surface area contributed by atoms with Crippen LogP contribution in [0.3, 0.4) is 0 Å². The van der Waals surface area contributed by atoms with Crippen molar-refractivity contribution in [1.29, 1.82) is 0 Å². The molecule has 3 heterocycles. The van der Waals surface area contributed by atoms with Crippen LogP contribution < -0.4 is 5.32 Å². The number of benzene rings is 2. The third-order valence-corrected chi connectivity index (χ3v) is 5.02. The molecule has 0 unspecified atom stereocenters. The van der Waals surface area contributed by atoms with Crippen molar-refractivity contribution in [2.45, 2.75) is 13.5 Å². The molecule has 7 heteroatoms. The van der Waals surface area contributed by atoms with Crippen molar-refractivity contribution >= 4 is 22.7 Å². The van der Waals surface area contributed by atoms with Crippen LogP contribution >= 0.6 is 0 Å². The zero-order valence-corrected chi connectivity index (χ0v) is 16.8. The van der Waals surface area contributed by atoms with Gasteiger partial charge in [0.2, 0.25) is 0 Å². The maximum atomic E-state index is 13.3. The largest absolute Gasteiger partial charge is 0.335 e. The Labute approximate surface area is 178 Å². The Bertz CT molecular complexity index is 1360. The van der Waals surface area contributed by atoms with E-state index in [1.165, 1.54) is 0 Å². The van der Waals surface area contributed by atoms with Gasteiger partial charge in [-0.25, -0.2) is 4.98 Å². The highest BCUT2D eigenvalue weighted by atomic mass is 16.5. The number of aryl methyl sites for hydroxylation is 1. The second-order valence-electron chi connectivity index (χ2n) is 7.04. The fourth-order valence-electron chi connectivity index (χ4n) is 3.48. The van der Waals surface area contributed by atoms with Gasteiger partial charge in [0.15, 0.2) is 0 Å². The summed E-state index contributed by atoms with van der Waals surface area (Å²) >= 11 is 0. The summed E-state index contributed by atoms with van der Waals surface area (Å²) in [6.45, 7) is 2.71. The third-order valence-electron chi connectivity index (χ3n) is 5.02. The number of hydrogen-bond acceptors (Lipinski definition) is 5. The quantitative estimate of drug-likeness (QED) is 0.440. The van der Waals surface area contributed by atoms with Gasteiger partial charge in [-0.05, 0) is 13.0 Å². The molecule has 152 valence electrons. The molecule has 0 saturated carbocycles. The lowest BCUT2D eigenvalue weighted by atomic mass is 10.0. The van der Waals surface area contributed by atoms with Crippen LogP contribution in [0.1, 0.15) is 17.3 Å². The van der Waals surface area contributed by atoms with Crippen molar-refractivity contribution < 1.29 is 9.32 Å². The van der Waals surface area contributed by atoms with E-state index in [1.807, 2.05) is 67.6 Å². The molecule has 2 aromatic carbocycles. The van der Waals surface area contributed by atoms with Crippen molar-refractivity contribution in [3.63, 3.8) is 0 Å². The molecular weight excluding hydrogens is 390 g/mol. The summed E-state index contributed by atoms with van der Waals surface area (Å²) in [5.74, 6) is -0.277. The topological polar surface area (TPSA) is 85.8 Å². The van der Waals surface area contributed by atoms with E-state index in [0.717, 1.165) is 17.7 Å².